The lowest BCUT2D eigenvalue weighted by Crippen LogP contribution is -2.73. The number of nitrogens with zero attached hydrogens (tertiary/aromatic N) is 1. The Hall–Kier alpha value is -3.10. The molecule has 3 atom stereocenters. The summed E-state index contributed by atoms with van der Waals surface area (Å²) in [5, 5.41) is 15.9. The zero-order valence-electron chi connectivity index (χ0n) is 22.5. The Morgan fingerprint density at radius 1 is 1.13 bits per heavy atom. The third-order valence-corrected chi connectivity index (χ3v) is 9.43. The van der Waals surface area contributed by atoms with Gasteiger partial charge in [-0.25, -0.2) is 0 Å². The van der Waals surface area contributed by atoms with Crippen LogP contribution >= 0.6 is 0 Å². The minimum atomic E-state index is -4.40. The normalized spacial score (nSPS) is 25.6. The van der Waals surface area contributed by atoms with Crippen LogP contribution in [0.5, 0.6) is 0 Å². The summed E-state index contributed by atoms with van der Waals surface area (Å²) in [6, 6.07) is 13.2. The molecular weight excluding hydrogens is 503 g/mol. The van der Waals surface area contributed by atoms with Gasteiger partial charge in [0.15, 0.2) is 0 Å². The third-order valence-electron chi connectivity index (χ3n) is 9.43. The van der Waals surface area contributed by atoms with Gasteiger partial charge in [-0.05, 0) is 80.1 Å². The first-order valence-corrected chi connectivity index (χ1v) is 13.7. The Labute approximate surface area is 226 Å². The maximum atomic E-state index is 13.9. The lowest BCUT2D eigenvalue weighted by atomic mass is 9.50. The van der Waals surface area contributed by atoms with E-state index in [1.807, 2.05) is 26.8 Å². The molecule has 3 N–H and O–H groups in total. The lowest BCUT2D eigenvalue weighted by Gasteiger charge is -2.60. The van der Waals surface area contributed by atoms with Crippen molar-refractivity contribution in [2.24, 2.45) is 0 Å². The van der Waals surface area contributed by atoms with Crippen LogP contribution in [0.4, 0.5) is 13.2 Å². The molecule has 2 heterocycles. The Morgan fingerprint density at radius 2 is 1.85 bits per heavy atom. The molecule has 8 heteroatoms. The molecule has 0 spiro atoms. The van der Waals surface area contributed by atoms with Crippen LogP contribution in [-0.2, 0) is 37.4 Å². The van der Waals surface area contributed by atoms with Crippen LogP contribution in [0.1, 0.15) is 69.8 Å². The van der Waals surface area contributed by atoms with Gasteiger partial charge in [0, 0.05) is 42.6 Å². The molecule has 39 heavy (non-hydrogen) atoms. The van der Waals surface area contributed by atoms with E-state index in [1.165, 1.54) is 23.3 Å². The molecule has 206 valence electrons. The van der Waals surface area contributed by atoms with Crippen molar-refractivity contribution < 1.29 is 23.1 Å². The van der Waals surface area contributed by atoms with E-state index in [9.17, 15) is 23.1 Å². The number of H-pyrrole nitrogens is 1. The van der Waals surface area contributed by atoms with Gasteiger partial charge in [0.05, 0.1) is 11.2 Å². The number of nitrogens with one attached hydrogen (secondary N) is 2. The van der Waals surface area contributed by atoms with Crippen LogP contribution in [-0.4, -0.2) is 45.1 Å². The lowest BCUT2D eigenvalue weighted by molar-refractivity contribution is -0.137. The van der Waals surface area contributed by atoms with Gasteiger partial charge in [-0.3, -0.25) is 4.79 Å². The number of carbonyl (C=O) groups excluding carboxylic acids is 1. The number of aromatic nitrogens is 1. The summed E-state index contributed by atoms with van der Waals surface area (Å²) < 4.78 is 39.1. The molecule has 0 radical (unpaired) electrons. The number of piperidine rings is 1. The molecule has 2 aromatic carbocycles. The number of hydrogen-bond acceptors (Lipinski definition) is 3. The van der Waals surface area contributed by atoms with E-state index >= 15 is 0 Å². The maximum Gasteiger partial charge on any atom is 0.416 e. The fourth-order valence-corrected chi connectivity index (χ4v) is 7.30. The minimum Gasteiger partial charge on any atom is -0.387 e. The molecule has 3 aromatic rings. The number of benzene rings is 2. The van der Waals surface area contributed by atoms with Crippen LogP contribution in [0, 0.1) is 6.92 Å². The first-order valence-electron chi connectivity index (χ1n) is 13.7. The van der Waals surface area contributed by atoms with Crippen molar-refractivity contribution in [3.05, 3.63) is 93.3 Å². The average Bonchev–Trinajstić information content (AvgIpc) is 3.19. The molecule has 2 aliphatic carbocycles. The van der Waals surface area contributed by atoms with E-state index in [1.54, 1.807) is 4.90 Å². The van der Waals surface area contributed by atoms with Gasteiger partial charge in [-0.2, -0.15) is 13.2 Å². The van der Waals surface area contributed by atoms with Crippen LogP contribution in [0.2, 0.25) is 0 Å². The second kappa shape index (κ2) is 8.96. The van der Waals surface area contributed by atoms with Crippen molar-refractivity contribution in [2.45, 2.75) is 82.3 Å². The Kier molecular flexibility index (Phi) is 6.01. The SMILES string of the molecule is Cc1c(C(=O)N(Cc2ccc(C(F)(F)F)cc2)C(C)C)[nH]c2c1C[C@@]1(O)[C@H]3Cc4ccccc4[C@@]1(CCN3)C2. The molecule has 1 aromatic heterocycles. The molecular formula is C31H34F3N3O2. The molecule has 3 aliphatic rings. The molecule has 6 rings (SSSR count). The second-order valence-electron chi connectivity index (χ2n) is 11.8. The highest BCUT2D eigenvalue weighted by atomic mass is 19.4. The monoisotopic (exact) mass is 537 g/mol. The van der Waals surface area contributed by atoms with Crippen molar-refractivity contribution in [2.75, 3.05) is 6.54 Å². The van der Waals surface area contributed by atoms with Crippen molar-refractivity contribution in [1.29, 1.82) is 0 Å². The second-order valence-corrected chi connectivity index (χ2v) is 11.8. The van der Waals surface area contributed by atoms with Gasteiger partial charge in [0.1, 0.15) is 5.69 Å². The van der Waals surface area contributed by atoms with Gasteiger partial charge >= 0.3 is 6.18 Å². The maximum absolute atomic E-state index is 13.9. The number of halogens is 3. The third kappa shape index (κ3) is 3.94. The Morgan fingerprint density at radius 3 is 2.54 bits per heavy atom. The minimum absolute atomic E-state index is 0.0606. The fourth-order valence-electron chi connectivity index (χ4n) is 7.30. The number of alkyl halides is 3. The predicted octanol–water partition coefficient (Wildman–Crippen LogP) is 5.08. The predicted molar refractivity (Wildman–Crippen MR) is 143 cm³/mol. The summed E-state index contributed by atoms with van der Waals surface area (Å²) in [7, 11) is 0. The highest BCUT2D eigenvalue weighted by Gasteiger charge is 2.63. The van der Waals surface area contributed by atoms with Gasteiger partial charge < -0.3 is 20.3 Å². The molecule has 1 fully saturated rings. The fraction of sp³-hybridized carbons (Fsp3) is 0.452. The van der Waals surface area contributed by atoms with Crippen LogP contribution in [0.25, 0.3) is 0 Å². The smallest absolute Gasteiger partial charge is 0.387 e. The highest BCUT2D eigenvalue weighted by molar-refractivity contribution is 5.95. The summed E-state index contributed by atoms with van der Waals surface area (Å²) in [4.78, 5) is 19.1. The number of aliphatic hydroxyl groups is 1. The van der Waals surface area contributed by atoms with E-state index in [0.717, 1.165) is 48.3 Å². The van der Waals surface area contributed by atoms with Gasteiger partial charge in [0.2, 0.25) is 0 Å². The Balaban J connectivity index is 1.34. The summed E-state index contributed by atoms with van der Waals surface area (Å²) in [6.07, 6.45) is -1.73. The van der Waals surface area contributed by atoms with Crippen molar-refractivity contribution in [1.82, 2.24) is 15.2 Å². The number of hydrogen-bond donors (Lipinski definition) is 3. The summed E-state index contributed by atoms with van der Waals surface area (Å²) in [6.45, 7) is 6.77. The van der Waals surface area contributed by atoms with Gasteiger partial charge in [-0.1, -0.05) is 36.4 Å². The first kappa shape index (κ1) is 26.1. The van der Waals surface area contributed by atoms with Crippen LogP contribution < -0.4 is 5.32 Å². The highest BCUT2D eigenvalue weighted by Crippen LogP contribution is 2.55. The summed E-state index contributed by atoms with van der Waals surface area (Å²) in [5.41, 5.74) is 4.35. The molecule has 1 saturated heterocycles. The first-order chi connectivity index (χ1) is 18.4. The molecule has 1 amide bonds. The van der Waals surface area contributed by atoms with E-state index in [2.05, 4.69) is 28.5 Å². The van der Waals surface area contributed by atoms with E-state index in [0.29, 0.717) is 24.1 Å². The number of rotatable bonds is 4. The number of carbonyl (C=O) groups is 1. The molecule has 1 aliphatic heterocycles. The summed E-state index contributed by atoms with van der Waals surface area (Å²) in [5.74, 6) is -0.189. The van der Waals surface area contributed by atoms with Crippen molar-refractivity contribution in [3.63, 3.8) is 0 Å². The quantitative estimate of drug-likeness (QED) is 0.435. The standard InChI is InChI=1S/C31H34F3N3O2/c1-18(2)37(17-20-8-10-22(11-9-20)31(32,33)34)28(38)27-19(3)23-15-30(39)26-14-21-6-4-5-7-24(21)29(30,12-13-35-26)16-25(23)36-27/h4-11,18,26,35-36,39H,12-17H2,1-3H3/t26-,29-,30-/m1/s1. The molecule has 0 saturated carbocycles. The van der Waals surface area contributed by atoms with Crippen molar-refractivity contribution in [3.8, 4) is 0 Å². The van der Waals surface area contributed by atoms with Gasteiger partial charge in [0.25, 0.3) is 5.91 Å². The molecule has 5 nitrogen and oxygen atoms in total. The van der Waals surface area contributed by atoms with E-state index in [4.69, 9.17) is 0 Å². The molecule has 2 bridgehead atoms. The van der Waals surface area contributed by atoms with E-state index in [-0.39, 0.29) is 24.5 Å². The van der Waals surface area contributed by atoms with Crippen LogP contribution in [0.3, 0.4) is 0 Å². The topological polar surface area (TPSA) is 68.4 Å². The van der Waals surface area contributed by atoms with Crippen molar-refractivity contribution >= 4 is 5.91 Å². The zero-order chi connectivity index (χ0) is 27.7. The number of amides is 1. The zero-order valence-corrected chi connectivity index (χ0v) is 22.5. The van der Waals surface area contributed by atoms with Gasteiger partial charge in [-0.15, -0.1) is 0 Å². The average molecular weight is 538 g/mol. The van der Waals surface area contributed by atoms with Crippen LogP contribution in [0.15, 0.2) is 48.5 Å². The largest absolute Gasteiger partial charge is 0.416 e. The number of aromatic amines is 1. The Bertz CT molecular complexity index is 1430. The number of fused-ring (bicyclic) bond motifs is 2. The summed E-state index contributed by atoms with van der Waals surface area (Å²) >= 11 is 0. The molecule has 0 unspecified atom stereocenters. The van der Waals surface area contributed by atoms with E-state index < -0.39 is 22.8 Å².